The van der Waals surface area contributed by atoms with E-state index >= 15 is 0 Å². The maximum Gasteiger partial charge on any atom is 0.344 e. The van der Waals surface area contributed by atoms with Gasteiger partial charge in [0.15, 0.2) is 5.82 Å². The zero-order valence-corrected chi connectivity index (χ0v) is 12.9. The molecular formula is C13H10F2NO4S2-. The normalized spacial score (nSPS) is 12.0. The van der Waals surface area contributed by atoms with Crippen molar-refractivity contribution in [2.45, 2.75) is 6.92 Å². The number of anilines is 2. The average Bonchev–Trinajstić information content (AvgIpc) is 2.95. The van der Waals surface area contributed by atoms with Crippen LogP contribution in [0.3, 0.4) is 0 Å². The van der Waals surface area contributed by atoms with Crippen LogP contribution < -0.4 is 4.31 Å². The number of hydrogen-bond acceptors (Lipinski definition) is 5. The van der Waals surface area contributed by atoms with Crippen molar-refractivity contribution in [3.8, 4) is 0 Å². The summed E-state index contributed by atoms with van der Waals surface area (Å²) in [7, 11) is 0. The first-order valence-electron chi connectivity index (χ1n) is 6.05. The highest BCUT2D eigenvalue weighted by Crippen LogP contribution is 2.34. The maximum absolute atomic E-state index is 14.5. The van der Waals surface area contributed by atoms with Gasteiger partial charge in [-0.1, -0.05) is 0 Å². The summed E-state index contributed by atoms with van der Waals surface area (Å²) in [5.74, 6) is -3.61. The quantitative estimate of drug-likeness (QED) is 0.616. The van der Waals surface area contributed by atoms with Crippen LogP contribution in [0.2, 0.25) is 0 Å². The highest BCUT2D eigenvalue weighted by Gasteiger charge is 2.25. The van der Waals surface area contributed by atoms with Crippen molar-refractivity contribution in [3.05, 3.63) is 46.8 Å². The lowest BCUT2D eigenvalue weighted by molar-refractivity contribution is 0.0515. The Morgan fingerprint density at radius 2 is 2.14 bits per heavy atom. The summed E-state index contributed by atoms with van der Waals surface area (Å²) < 4.78 is 56.2. The van der Waals surface area contributed by atoms with Gasteiger partial charge in [-0.2, -0.15) is 0 Å². The smallest absolute Gasteiger partial charge is 0.344 e. The van der Waals surface area contributed by atoms with E-state index in [1.165, 1.54) is 13.0 Å². The first kappa shape index (κ1) is 16.5. The van der Waals surface area contributed by atoms with Gasteiger partial charge in [0.2, 0.25) is 0 Å². The number of benzene rings is 1. The predicted molar refractivity (Wildman–Crippen MR) is 77.7 cm³/mol. The third-order valence-electron chi connectivity index (χ3n) is 2.62. The Bertz CT molecular complexity index is 706. The molecule has 5 nitrogen and oxygen atoms in total. The van der Waals surface area contributed by atoms with Gasteiger partial charge >= 0.3 is 5.97 Å². The number of nitrogens with zero attached hydrogens (tertiary/aromatic N) is 1. The van der Waals surface area contributed by atoms with E-state index < -0.39 is 40.1 Å². The molecule has 118 valence electrons. The van der Waals surface area contributed by atoms with Crippen molar-refractivity contribution < 1.29 is 27.1 Å². The summed E-state index contributed by atoms with van der Waals surface area (Å²) >= 11 is -1.80. The molecule has 1 unspecified atom stereocenters. The third kappa shape index (κ3) is 3.16. The second kappa shape index (κ2) is 6.95. The fourth-order valence-corrected chi connectivity index (χ4v) is 3.22. The van der Waals surface area contributed by atoms with Gasteiger partial charge in [0.25, 0.3) is 0 Å². The maximum atomic E-state index is 14.5. The number of hydrogen-bond donors (Lipinski definition) is 0. The first-order chi connectivity index (χ1) is 10.5. The molecule has 0 N–H and O–H groups in total. The van der Waals surface area contributed by atoms with E-state index in [0.29, 0.717) is 4.31 Å². The second-order valence-corrected chi connectivity index (χ2v) is 5.66. The minimum atomic E-state index is -2.85. The molecule has 1 atom stereocenters. The molecule has 2 rings (SSSR count). The van der Waals surface area contributed by atoms with Gasteiger partial charge in [0.1, 0.15) is 16.4 Å². The van der Waals surface area contributed by atoms with E-state index in [4.69, 9.17) is 0 Å². The Morgan fingerprint density at radius 1 is 1.41 bits per heavy atom. The van der Waals surface area contributed by atoms with Crippen molar-refractivity contribution in [2.24, 2.45) is 0 Å². The molecular weight excluding hydrogens is 336 g/mol. The monoisotopic (exact) mass is 346 g/mol. The molecule has 0 aliphatic rings. The number of halogens is 2. The summed E-state index contributed by atoms with van der Waals surface area (Å²) in [6.45, 7) is 1.42. The molecule has 0 aliphatic carbocycles. The number of ether oxygens (including phenoxy) is 1. The van der Waals surface area contributed by atoms with Crippen LogP contribution in [0.15, 0.2) is 29.6 Å². The lowest BCUT2D eigenvalue weighted by Crippen LogP contribution is -2.21. The van der Waals surface area contributed by atoms with Crippen LogP contribution in [0.25, 0.3) is 0 Å². The number of carbonyl (C=O) groups excluding carboxylic acids is 1. The Hall–Kier alpha value is -1.84. The van der Waals surface area contributed by atoms with Crippen molar-refractivity contribution in [3.63, 3.8) is 0 Å². The number of esters is 1. The van der Waals surface area contributed by atoms with Gasteiger partial charge in [0.05, 0.1) is 23.6 Å². The lowest BCUT2D eigenvalue weighted by Gasteiger charge is -2.25. The average molecular weight is 346 g/mol. The summed E-state index contributed by atoms with van der Waals surface area (Å²) in [5, 5.41) is 1.80. The molecule has 0 radical (unpaired) electrons. The van der Waals surface area contributed by atoms with Crippen LogP contribution in [-0.2, 0) is 16.0 Å². The molecule has 9 heteroatoms. The fraction of sp³-hybridized carbons (Fsp3) is 0.154. The summed E-state index contributed by atoms with van der Waals surface area (Å²) in [6, 6.07) is 4.79. The molecule has 22 heavy (non-hydrogen) atoms. The van der Waals surface area contributed by atoms with Crippen LogP contribution in [-0.4, -0.2) is 21.3 Å². The molecule has 0 fully saturated rings. The molecule has 0 amide bonds. The number of rotatable bonds is 5. The van der Waals surface area contributed by atoms with E-state index in [1.54, 1.807) is 11.4 Å². The third-order valence-corrected chi connectivity index (χ3v) is 4.28. The van der Waals surface area contributed by atoms with E-state index in [0.717, 1.165) is 23.5 Å². The SMILES string of the molecule is CCOC(=O)c1c(F)ccc(N(c2cccs2)S(=O)[O-])c1F. The van der Waals surface area contributed by atoms with Crippen LogP contribution in [0.5, 0.6) is 0 Å². The highest BCUT2D eigenvalue weighted by molar-refractivity contribution is 7.81. The van der Waals surface area contributed by atoms with Gasteiger partial charge in [-0.05, 0) is 36.6 Å². The molecule has 0 aliphatic heterocycles. The molecule has 2 aromatic rings. The molecule has 0 saturated heterocycles. The van der Waals surface area contributed by atoms with Gasteiger partial charge < -0.3 is 9.29 Å². The van der Waals surface area contributed by atoms with E-state index in [-0.39, 0.29) is 11.6 Å². The number of carbonyl (C=O) groups is 1. The number of thiophene rings is 1. The Kier molecular flexibility index (Phi) is 5.22. The van der Waals surface area contributed by atoms with Crippen LogP contribution in [0, 0.1) is 11.6 Å². The molecule has 0 saturated carbocycles. The summed E-state index contributed by atoms with van der Waals surface area (Å²) in [4.78, 5) is 11.6. The standard InChI is InChI=1S/C13H11F2NO4S2/c1-2-20-13(17)11-8(14)5-6-9(12(11)15)16(22(18)19)10-4-3-7-21-10/h3-7H,2H2,1H3,(H,18,19)/p-1. The van der Waals surface area contributed by atoms with Gasteiger partial charge in [0, 0.05) is 0 Å². The van der Waals surface area contributed by atoms with Crippen LogP contribution in [0.4, 0.5) is 19.5 Å². The Labute approximate surface area is 131 Å². The molecule has 1 heterocycles. The van der Waals surface area contributed by atoms with Crippen molar-refractivity contribution in [2.75, 3.05) is 10.9 Å². The zero-order valence-electron chi connectivity index (χ0n) is 11.2. The Balaban J connectivity index is 2.58. The van der Waals surface area contributed by atoms with Crippen LogP contribution >= 0.6 is 11.3 Å². The fourth-order valence-electron chi connectivity index (χ4n) is 1.75. The van der Waals surface area contributed by atoms with Crippen molar-refractivity contribution in [1.29, 1.82) is 0 Å². The largest absolute Gasteiger partial charge is 0.755 e. The minimum absolute atomic E-state index is 0.0654. The Morgan fingerprint density at radius 3 is 2.68 bits per heavy atom. The van der Waals surface area contributed by atoms with E-state index in [9.17, 15) is 22.3 Å². The lowest BCUT2D eigenvalue weighted by atomic mass is 10.1. The van der Waals surface area contributed by atoms with Crippen molar-refractivity contribution in [1.82, 2.24) is 0 Å². The first-order valence-corrected chi connectivity index (χ1v) is 7.96. The molecule has 0 bridgehead atoms. The molecule has 0 spiro atoms. The van der Waals surface area contributed by atoms with E-state index in [1.807, 2.05) is 0 Å². The topological polar surface area (TPSA) is 69.7 Å². The highest BCUT2D eigenvalue weighted by atomic mass is 32.2. The zero-order chi connectivity index (χ0) is 16.3. The summed E-state index contributed by atoms with van der Waals surface area (Å²) in [5.41, 5.74) is -1.38. The summed E-state index contributed by atoms with van der Waals surface area (Å²) in [6.07, 6.45) is 0. The minimum Gasteiger partial charge on any atom is -0.755 e. The molecule has 1 aromatic heterocycles. The molecule has 1 aromatic carbocycles. The van der Waals surface area contributed by atoms with Gasteiger partial charge in [-0.25, -0.2) is 13.6 Å². The second-order valence-electron chi connectivity index (χ2n) is 3.94. The van der Waals surface area contributed by atoms with Crippen LogP contribution in [0.1, 0.15) is 17.3 Å². The van der Waals surface area contributed by atoms with E-state index in [2.05, 4.69) is 4.74 Å². The van der Waals surface area contributed by atoms with Gasteiger partial charge in [-0.3, -0.25) is 8.51 Å². The van der Waals surface area contributed by atoms with Crippen molar-refractivity contribution >= 4 is 39.3 Å². The predicted octanol–water partition coefficient (Wildman–Crippen LogP) is 3.14. The van der Waals surface area contributed by atoms with Gasteiger partial charge in [-0.15, -0.1) is 11.3 Å².